The highest BCUT2D eigenvalue weighted by molar-refractivity contribution is 7.21. The van der Waals surface area contributed by atoms with Gasteiger partial charge in [-0.3, -0.25) is 4.84 Å². The number of aromatic nitrogens is 1. The van der Waals surface area contributed by atoms with E-state index in [0.717, 1.165) is 10.5 Å². The fourth-order valence-electron chi connectivity index (χ4n) is 3.03. The van der Waals surface area contributed by atoms with Gasteiger partial charge < -0.3 is 0 Å². The molecule has 0 bridgehead atoms. The maximum atomic E-state index is 5.63. The molecule has 4 rings (SSSR count). The summed E-state index contributed by atoms with van der Waals surface area (Å²) in [5.41, 5.74) is 6.60. The van der Waals surface area contributed by atoms with Crippen LogP contribution in [0.5, 0.6) is 0 Å². The molecule has 1 fully saturated rings. The van der Waals surface area contributed by atoms with Crippen LogP contribution in [0, 0.1) is 0 Å². The Kier molecular flexibility index (Phi) is 4.37. The summed E-state index contributed by atoms with van der Waals surface area (Å²) >= 11 is 1.74. The number of nitrogens with zero attached hydrogens (tertiary/aromatic N) is 1. The number of thiazole rings is 1. The Morgan fingerprint density at radius 3 is 2.61 bits per heavy atom. The molecule has 0 unspecified atom stereocenters. The Morgan fingerprint density at radius 2 is 1.83 bits per heavy atom. The van der Waals surface area contributed by atoms with Crippen LogP contribution in [-0.2, 0) is 11.4 Å². The standard InChI is InChI=1S/C19H20N2OS/c1-2-6-16(5-1)21-22-13-14-9-11-15(12-10-14)19-20-17-7-3-4-8-18(17)23-19/h3-4,7-12,16,21H,1-2,5-6,13H2. The molecule has 1 N–H and O–H groups in total. The van der Waals surface area contributed by atoms with Crippen LogP contribution in [0.15, 0.2) is 48.5 Å². The Morgan fingerprint density at radius 1 is 1.04 bits per heavy atom. The fourth-order valence-corrected chi connectivity index (χ4v) is 4.00. The van der Waals surface area contributed by atoms with E-state index in [2.05, 4.69) is 47.9 Å². The summed E-state index contributed by atoms with van der Waals surface area (Å²) in [6, 6.07) is 17.3. The van der Waals surface area contributed by atoms with Crippen molar-refractivity contribution in [1.29, 1.82) is 0 Å². The van der Waals surface area contributed by atoms with Crippen LogP contribution in [0.3, 0.4) is 0 Å². The molecule has 0 radical (unpaired) electrons. The zero-order valence-corrected chi connectivity index (χ0v) is 13.8. The van der Waals surface area contributed by atoms with Crippen molar-refractivity contribution in [2.45, 2.75) is 38.3 Å². The predicted octanol–water partition coefficient (Wildman–Crippen LogP) is 4.93. The first kappa shape index (κ1) is 14.8. The molecule has 3 nitrogen and oxygen atoms in total. The molecule has 1 saturated carbocycles. The number of hydroxylamine groups is 1. The van der Waals surface area contributed by atoms with Gasteiger partial charge in [0.1, 0.15) is 5.01 Å². The second-order valence-corrected chi connectivity index (χ2v) is 7.10. The van der Waals surface area contributed by atoms with E-state index < -0.39 is 0 Å². The molecular weight excluding hydrogens is 304 g/mol. The molecule has 23 heavy (non-hydrogen) atoms. The number of hydrogen-bond acceptors (Lipinski definition) is 4. The smallest absolute Gasteiger partial charge is 0.124 e. The molecule has 3 aromatic rings. The van der Waals surface area contributed by atoms with Crippen LogP contribution < -0.4 is 5.48 Å². The summed E-state index contributed by atoms with van der Waals surface area (Å²) in [4.78, 5) is 10.3. The molecule has 1 aromatic heterocycles. The average molecular weight is 324 g/mol. The summed E-state index contributed by atoms with van der Waals surface area (Å²) in [5.74, 6) is 0. The van der Waals surface area contributed by atoms with Crippen LogP contribution in [0.1, 0.15) is 31.2 Å². The summed E-state index contributed by atoms with van der Waals surface area (Å²) < 4.78 is 1.23. The van der Waals surface area contributed by atoms with Crippen molar-refractivity contribution in [1.82, 2.24) is 10.5 Å². The molecule has 0 amide bonds. The molecule has 4 heteroatoms. The first-order chi connectivity index (χ1) is 11.4. The lowest BCUT2D eigenvalue weighted by atomic mass is 10.1. The summed E-state index contributed by atoms with van der Waals surface area (Å²) in [7, 11) is 0. The Labute approximate surface area is 140 Å². The van der Waals surface area contributed by atoms with Crippen molar-refractivity contribution in [2.75, 3.05) is 0 Å². The van der Waals surface area contributed by atoms with Gasteiger partial charge in [0.2, 0.25) is 0 Å². The largest absolute Gasteiger partial charge is 0.297 e. The molecule has 1 aliphatic rings. The lowest BCUT2D eigenvalue weighted by molar-refractivity contribution is 0.00511. The molecule has 0 saturated heterocycles. The molecule has 0 spiro atoms. The minimum atomic E-state index is 0.539. The normalized spacial score (nSPS) is 15.5. The quantitative estimate of drug-likeness (QED) is 0.676. The number of hydrogen-bond donors (Lipinski definition) is 1. The van der Waals surface area contributed by atoms with Gasteiger partial charge in [-0.15, -0.1) is 11.3 Å². The van der Waals surface area contributed by atoms with E-state index >= 15 is 0 Å². The third kappa shape index (κ3) is 3.44. The number of benzene rings is 2. The van der Waals surface area contributed by atoms with Crippen LogP contribution in [0.25, 0.3) is 20.8 Å². The molecular formula is C19H20N2OS. The first-order valence-corrected chi connectivity index (χ1v) is 9.02. The molecule has 0 atom stereocenters. The number of nitrogens with one attached hydrogen (secondary N) is 1. The lowest BCUT2D eigenvalue weighted by Crippen LogP contribution is -2.25. The van der Waals surface area contributed by atoms with E-state index in [1.807, 2.05) is 6.07 Å². The number of fused-ring (bicyclic) bond motifs is 1. The van der Waals surface area contributed by atoms with Crippen molar-refractivity contribution in [2.24, 2.45) is 0 Å². The van der Waals surface area contributed by atoms with Crippen molar-refractivity contribution in [3.05, 3.63) is 54.1 Å². The molecule has 2 aromatic carbocycles. The summed E-state index contributed by atoms with van der Waals surface area (Å²) in [6.07, 6.45) is 5.10. The second kappa shape index (κ2) is 6.79. The summed E-state index contributed by atoms with van der Waals surface area (Å²) in [6.45, 7) is 0.608. The van der Waals surface area contributed by atoms with E-state index in [9.17, 15) is 0 Å². The topological polar surface area (TPSA) is 34.1 Å². The van der Waals surface area contributed by atoms with E-state index in [4.69, 9.17) is 9.82 Å². The average Bonchev–Trinajstić information content (AvgIpc) is 3.24. The van der Waals surface area contributed by atoms with Crippen LogP contribution in [0.2, 0.25) is 0 Å². The zero-order chi connectivity index (χ0) is 15.5. The lowest BCUT2D eigenvalue weighted by Gasteiger charge is -2.11. The number of para-hydroxylation sites is 1. The van der Waals surface area contributed by atoms with Gasteiger partial charge in [-0.2, -0.15) is 5.48 Å². The van der Waals surface area contributed by atoms with Gasteiger partial charge in [0, 0.05) is 11.6 Å². The van der Waals surface area contributed by atoms with E-state index in [1.165, 1.54) is 41.5 Å². The fraction of sp³-hybridized carbons (Fsp3) is 0.316. The van der Waals surface area contributed by atoms with Crippen LogP contribution in [0.4, 0.5) is 0 Å². The minimum Gasteiger partial charge on any atom is -0.297 e. The van der Waals surface area contributed by atoms with Gasteiger partial charge in [-0.05, 0) is 30.5 Å². The summed E-state index contributed by atoms with van der Waals surface area (Å²) in [5, 5.41) is 1.07. The number of rotatable bonds is 5. The van der Waals surface area contributed by atoms with Gasteiger partial charge in [-0.1, -0.05) is 49.2 Å². The molecule has 1 heterocycles. The maximum Gasteiger partial charge on any atom is 0.124 e. The first-order valence-electron chi connectivity index (χ1n) is 8.21. The zero-order valence-electron chi connectivity index (χ0n) is 13.0. The van der Waals surface area contributed by atoms with Gasteiger partial charge in [0.15, 0.2) is 0 Å². The second-order valence-electron chi connectivity index (χ2n) is 6.07. The third-order valence-electron chi connectivity index (χ3n) is 4.34. The minimum absolute atomic E-state index is 0.539. The monoisotopic (exact) mass is 324 g/mol. The Hall–Kier alpha value is -1.75. The van der Waals surface area contributed by atoms with E-state index in [0.29, 0.717) is 12.6 Å². The Bertz CT molecular complexity index is 742. The van der Waals surface area contributed by atoms with Crippen molar-refractivity contribution < 1.29 is 4.84 Å². The van der Waals surface area contributed by atoms with Crippen LogP contribution in [-0.4, -0.2) is 11.0 Å². The SMILES string of the molecule is c1ccc2sc(-c3ccc(CONC4CCCC4)cc3)nc2c1. The van der Waals surface area contributed by atoms with Crippen molar-refractivity contribution in [3.63, 3.8) is 0 Å². The van der Waals surface area contributed by atoms with Crippen molar-refractivity contribution in [3.8, 4) is 10.6 Å². The predicted molar refractivity (Wildman–Crippen MR) is 95.2 cm³/mol. The molecule has 118 valence electrons. The van der Waals surface area contributed by atoms with Gasteiger partial charge in [-0.25, -0.2) is 4.98 Å². The van der Waals surface area contributed by atoms with E-state index in [-0.39, 0.29) is 0 Å². The third-order valence-corrected chi connectivity index (χ3v) is 5.42. The van der Waals surface area contributed by atoms with Crippen LogP contribution >= 0.6 is 11.3 Å². The molecule has 0 aliphatic heterocycles. The van der Waals surface area contributed by atoms with Gasteiger partial charge >= 0.3 is 0 Å². The van der Waals surface area contributed by atoms with Gasteiger partial charge in [0.05, 0.1) is 16.8 Å². The maximum absolute atomic E-state index is 5.63. The van der Waals surface area contributed by atoms with Gasteiger partial charge in [0.25, 0.3) is 0 Å². The Balaban J connectivity index is 1.40. The van der Waals surface area contributed by atoms with E-state index in [1.54, 1.807) is 11.3 Å². The highest BCUT2D eigenvalue weighted by atomic mass is 32.1. The molecule has 1 aliphatic carbocycles. The highest BCUT2D eigenvalue weighted by Crippen LogP contribution is 2.30. The van der Waals surface area contributed by atoms with Crippen molar-refractivity contribution >= 4 is 21.6 Å². The highest BCUT2D eigenvalue weighted by Gasteiger charge is 2.14.